The van der Waals surface area contributed by atoms with Gasteiger partial charge in [-0.3, -0.25) is 9.59 Å². The lowest BCUT2D eigenvalue weighted by atomic mass is 9.95. The molecule has 3 rings (SSSR count). The van der Waals surface area contributed by atoms with Gasteiger partial charge in [-0.1, -0.05) is 13.8 Å². The summed E-state index contributed by atoms with van der Waals surface area (Å²) in [6, 6.07) is 5.54. The van der Waals surface area contributed by atoms with Crippen LogP contribution in [-0.4, -0.2) is 55.8 Å². The van der Waals surface area contributed by atoms with Gasteiger partial charge in [-0.2, -0.15) is 4.31 Å². The molecule has 32 heavy (non-hydrogen) atoms. The average Bonchev–Trinajstić information content (AvgIpc) is 3.30. The summed E-state index contributed by atoms with van der Waals surface area (Å²) in [5.41, 5.74) is 0. The van der Waals surface area contributed by atoms with Crippen molar-refractivity contribution in [1.82, 2.24) is 14.6 Å². The van der Waals surface area contributed by atoms with E-state index in [0.717, 1.165) is 0 Å². The lowest BCUT2D eigenvalue weighted by molar-refractivity contribution is -0.130. The van der Waals surface area contributed by atoms with Crippen molar-refractivity contribution in [1.29, 1.82) is 0 Å². The second kappa shape index (κ2) is 10.4. The van der Waals surface area contributed by atoms with E-state index in [2.05, 4.69) is 15.6 Å². The summed E-state index contributed by atoms with van der Waals surface area (Å²) in [5.74, 6) is -0.444. The quantitative estimate of drug-likeness (QED) is 0.599. The monoisotopic (exact) mass is 480 g/mol. The Balaban J connectivity index is 1.58. The Hall–Kier alpha value is -2.50. The van der Waals surface area contributed by atoms with Crippen LogP contribution in [0.5, 0.6) is 5.75 Å². The van der Waals surface area contributed by atoms with Crippen molar-refractivity contribution < 1.29 is 22.7 Å². The van der Waals surface area contributed by atoms with E-state index in [4.69, 9.17) is 4.74 Å². The summed E-state index contributed by atoms with van der Waals surface area (Å²) >= 11 is 1.30. The predicted molar refractivity (Wildman–Crippen MR) is 122 cm³/mol. The molecule has 1 aliphatic heterocycles. The first kappa shape index (κ1) is 24.1. The second-order valence-corrected chi connectivity index (χ2v) is 10.7. The number of methoxy groups -OCH3 is 1. The van der Waals surface area contributed by atoms with Crippen LogP contribution in [0.25, 0.3) is 0 Å². The number of rotatable bonds is 8. The normalized spacial score (nSPS) is 16.5. The van der Waals surface area contributed by atoms with Crippen molar-refractivity contribution in [3.8, 4) is 5.75 Å². The Morgan fingerprint density at radius 1 is 1.19 bits per heavy atom. The third-order valence-corrected chi connectivity index (χ3v) is 8.03. The number of benzene rings is 1. The van der Waals surface area contributed by atoms with Gasteiger partial charge in [-0.15, -0.1) is 11.3 Å². The van der Waals surface area contributed by atoms with Gasteiger partial charge in [0, 0.05) is 30.6 Å². The van der Waals surface area contributed by atoms with Crippen molar-refractivity contribution in [3.05, 3.63) is 35.8 Å². The zero-order valence-corrected chi connectivity index (χ0v) is 19.9. The number of thiazole rings is 1. The molecule has 2 N–H and O–H groups in total. The first-order valence-corrected chi connectivity index (χ1v) is 12.7. The highest BCUT2D eigenvalue weighted by molar-refractivity contribution is 7.89. The average molecular weight is 481 g/mol. The topological polar surface area (TPSA) is 118 Å². The highest BCUT2D eigenvalue weighted by Crippen LogP contribution is 2.25. The molecular formula is C21H28N4O5S2. The number of piperidine rings is 1. The van der Waals surface area contributed by atoms with E-state index in [0.29, 0.717) is 23.7 Å². The van der Waals surface area contributed by atoms with Crippen LogP contribution in [0.4, 0.5) is 5.13 Å². The van der Waals surface area contributed by atoms with Crippen LogP contribution in [0.1, 0.15) is 26.7 Å². The maximum atomic E-state index is 12.9. The number of hydrogen-bond acceptors (Lipinski definition) is 7. The van der Waals surface area contributed by atoms with E-state index in [1.54, 1.807) is 23.7 Å². The fraction of sp³-hybridized carbons (Fsp3) is 0.476. The van der Waals surface area contributed by atoms with Crippen LogP contribution in [0.15, 0.2) is 40.7 Å². The molecule has 1 aliphatic rings. The number of hydrogen-bond donors (Lipinski definition) is 2. The van der Waals surface area contributed by atoms with Crippen LogP contribution >= 0.6 is 11.3 Å². The lowest BCUT2D eigenvalue weighted by Crippen LogP contribution is -2.50. The third kappa shape index (κ3) is 5.64. The number of ether oxygens (including phenoxy) is 1. The van der Waals surface area contributed by atoms with Crippen LogP contribution in [0.3, 0.4) is 0 Å². The van der Waals surface area contributed by atoms with Gasteiger partial charge in [0.25, 0.3) is 0 Å². The van der Waals surface area contributed by atoms with Crippen molar-refractivity contribution in [3.63, 3.8) is 0 Å². The molecule has 0 bridgehead atoms. The number of nitrogens with one attached hydrogen (secondary N) is 2. The number of carbonyl (C=O) groups is 2. The summed E-state index contributed by atoms with van der Waals surface area (Å²) in [5, 5.41) is 7.80. The molecule has 0 spiro atoms. The van der Waals surface area contributed by atoms with Crippen LogP contribution in [0, 0.1) is 11.8 Å². The van der Waals surface area contributed by atoms with E-state index in [1.807, 2.05) is 13.8 Å². The van der Waals surface area contributed by atoms with E-state index in [9.17, 15) is 18.0 Å². The van der Waals surface area contributed by atoms with Crippen LogP contribution in [0.2, 0.25) is 0 Å². The molecule has 1 fully saturated rings. The molecule has 11 heteroatoms. The number of carbonyl (C=O) groups excluding carboxylic acids is 2. The highest BCUT2D eigenvalue weighted by atomic mass is 32.2. The van der Waals surface area contributed by atoms with Gasteiger partial charge >= 0.3 is 0 Å². The largest absolute Gasteiger partial charge is 0.497 e. The highest BCUT2D eigenvalue weighted by Gasteiger charge is 2.34. The van der Waals surface area contributed by atoms with Gasteiger partial charge in [0.15, 0.2) is 5.13 Å². The summed E-state index contributed by atoms with van der Waals surface area (Å²) in [6.07, 6.45) is 2.37. The minimum Gasteiger partial charge on any atom is -0.497 e. The standard InChI is InChI=1S/C21H28N4O5S2/c1-14(2)18(20(27)24-21-22-10-13-31-21)23-19(26)15-8-11-25(12-9-15)32(28,29)17-6-4-16(30-3)5-7-17/h4-7,10,13-15,18H,8-9,11-12H2,1-3H3,(H,23,26)(H,22,24,27)/t18-/m0/s1. The van der Waals surface area contributed by atoms with E-state index in [1.165, 1.54) is 34.9 Å². The molecule has 0 saturated carbocycles. The summed E-state index contributed by atoms with van der Waals surface area (Å²) in [4.78, 5) is 29.7. The van der Waals surface area contributed by atoms with Gasteiger partial charge in [-0.05, 0) is 43.0 Å². The van der Waals surface area contributed by atoms with Crippen molar-refractivity contribution in [2.45, 2.75) is 37.6 Å². The maximum absolute atomic E-state index is 12.9. The van der Waals surface area contributed by atoms with E-state index >= 15 is 0 Å². The minimum absolute atomic E-state index is 0.116. The number of anilines is 1. The first-order valence-electron chi connectivity index (χ1n) is 10.4. The molecule has 1 atom stereocenters. The number of nitrogens with zero attached hydrogens (tertiary/aromatic N) is 2. The molecule has 0 aliphatic carbocycles. The van der Waals surface area contributed by atoms with Gasteiger partial charge in [0.1, 0.15) is 11.8 Å². The fourth-order valence-electron chi connectivity index (χ4n) is 3.53. The van der Waals surface area contributed by atoms with Crippen molar-refractivity contribution in [2.75, 3.05) is 25.5 Å². The smallest absolute Gasteiger partial charge is 0.248 e. The van der Waals surface area contributed by atoms with Gasteiger partial charge in [-0.25, -0.2) is 13.4 Å². The number of aromatic nitrogens is 1. The Bertz CT molecular complexity index is 1010. The fourth-order valence-corrected chi connectivity index (χ4v) is 5.53. The Labute approximate surface area is 192 Å². The molecular weight excluding hydrogens is 452 g/mol. The molecule has 2 heterocycles. The third-order valence-electron chi connectivity index (χ3n) is 5.43. The van der Waals surface area contributed by atoms with Crippen molar-refractivity contribution in [2.24, 2.45) is 11.8 Å². The molecule has 1 aromatic carbocycles. The molecule has 1 saturated heterocycles. The molecule has 1 aromatic heterocycles. The minimum atomic E-state index is -3.64. The maximum Gasteiger partial charge on any atom is 0.248 e. The molecule has 2 amide bonds. The zero-order valence-electron chi connectivity index (χ0n) is 18.3. The molecule has 9 nitrogen and oxygen atoms in total. The van der Waals surface area contributed by atoms with Crippen LogP contribution < -0.4 is 15.4 Å². The van der Waals surface area contributed by atoms with Gasteiger partial charge < -0.3 is 15.4 Å². The Morgan fingerprint density at radius 3 is 2.38 bits per heavy atom. The number of sulfonamides is 1. The van der Waals surface area contributed by atoms with E-state index in [-0.39, 0.29) is 41.6 Å². The molecule has 0 radical (unpaired) electrons. The SMILES string of the molecule is COc1ccc(S(=O)(=O)N2CCC(C(=O)N[C@H](C(=O)Nc3nccs3)C(C)C)CC2)cc1. The first-order chi connectivity index (χ1) is 15.2. The lowest BCUT2D eigenvalue weighted by Gasteiger charge is -2.31. The number of amides is 2. The molecule has 0 unspecified atom stereocenters. The molecule has 174 valence electrons. The van der Waals surface area contributed by atoms with Gasteiger partial charge in [0.05, 0.1) is 12.0 Å². The summed E-state index contributed by atoms with van der Waals surface area (Å²) < 4.78 is 32.3. The van der Waals surface area contributed by atoms with Crippen LogP contribution in [-0.2, 0) is 19.6 Å². The van der Waals surface area contributed by atoms with E-state index < -0.39 is 16.1 Å². The molecule has 2 aromatic rings. The summed E-state index contributed by atoms with van der Waals surface area (Å²) in [7, 11) is -2.12. The predicted octanol–water partition coefficient (Wildman–Crippen LogP) is 2.33. The summed E-state index contributed by atoms with van der Waals surface area (Å²) in [6.45, 7) is 4.20. The second-order valence-electron chi connectivity index (χ2n) is 7.91. The Kier molecular flexibility index (Phi) is 7.86. The zero-order chi connectivity index (χ0) is 23.3. The van der Waals surface area contributed by atoms with Gasteiger partial charge in [0.2, 0.25) is 21.8 Å². The van der Waals surface area contributed by atoms with Crippen molar-refractivity contribution >= 4 is 38.3 Å². The Morgan fingerprint density at radius 2 is 1.84 bits per heavy atom.